The molecule has 0 N–H and O–H groups in total. The summed E-state index contributed by atoms with van der Waals surface area (Å²) in [5.74, 6) is 1.20. The van der Waals surface area contributed by atoms with Gasteiger partial charge in [-0.05, 0) is 38.0 Å². The van der Waals surface area contributed by atoms with Gasteiger partial charge in [-0.2, -0.15) is 0 Å². The summed E-state index contributed by atoms with van der Waals surface area (Å²) in [6.07, 6.45) is 9.63. The van der Waals surface area contributed by atoms with Gasteiger partial charge in [-0.25, -0.2) is 8.42 Å². The van der Waals surface area contributed by atoms with Crippen molar-refractivity contribution in [2.75, 3.05) is 31.6 Å². The van der Waals surface area contributed by atoms with Crippen LogP contribution in [0.3, 0.4) is 0 Å². The number of hydrogen-bond acceptors (Lipinski definition) is 4. The number of likely N-dealkylation sites (N-methyl/N-ethyl adjacent to an activating group) is 1. The molecule has 2 aliphatic carbocycles. The topological polar surface area (TPSA) is 57.7 Å². The molecule has 0 radical (unpaired) electrons. The molecule has 1 saturated heterocycles. The van der Waals surface area contributed by atoms with Crippen molar-refractivity contribution in [3.63, 3.8) is 0 Å². The molecule has 0 bridgehead atoms. The molecule has 1 amide bonds. The summed E-state index contributed by atoms with van der Waals surface area (Å²) in [5, 5.41) is 0. The molecule has 1 aliphatic heterocycles. The standard InChI is InChI=1S/C17H30N2O3S/c1-18(16-9-10-23(21,22)13-16)17(20)12-19(15-7-8-15)11-14-5-3-2-4-6-14/h14-16H,2-13H2,1H3. The minimum atomic E-state index is -2.94. The highest BCUT2D eigenvalue weighted by Crippen LogP contribution is 2.31. The maximum atomic E-state index is 12.6. The van der Waals surface area contributed by atoms with Crippen molar-refractivity contribution in [1.29, 1.82) is 0 Å². The number of carbonyl (C=O) groups excluding carboxylic acids is 1. The summed E-state index contributed by atoms with van der Waals surface area (Å²) in [7, 11) is -1.16. The van der Waals surface area contributed by atoms with Gasteiger partial charge in [0.2, 0.25) is 5.91 Å². The predicted molar refractivity (Wildman–Crippen MR) is 91.0 cm³/mol. The number of sulfone groups is 1. The Morgan fingerprint density at radius 2 is 1.70 bits per heavy atom. The van der Waals surface area contributed by atoms with Gasteiger partial charge in [0.15, 0.2) is 9.84 Å². The van der Waals surface area contributed by atoms with Gasteiger partial charge in [-0.15, -0.1) is 0 Å². The monoisotopic (exact) mass is 342 g/mol. The average Bonchev–Trinajstić information content (AvgIpc) is 3.30. The van der Waals surface area contributed by atoms with E-state index in [1.165, 1.54) is 44.9 Å². The maximum absolute atomic E-state index is 12.6. The van der Waals surface area contributed by atoms with Crippen molar-refractivity contribution in [3.05, 3.63) is 0 Å². The van der Waals surface area contributed by atoms with E-state index >= 15 is 0 Å². The van der Waals surface area contributed by atoms with Gasteiger partial charge in [-0.3, -0.25) is 9.69 Å². The SMILES string of the molecule is CN(C(=O)CN(CC1CCCCC1)C1CC1)C1CCS(=O)(=O)C1. The first-order chi connectivity index (χ1) is 10.9. The van der Waals surface area contributed by atoms with Crippen molar-refractivity contribution in [1.82, 2.24) is 9.80 Å². The quantitative estimate of drug-likeness (QED) is 0.737. The second-order valence-corrected chi connectivity index (χ2v) is 9.95. The van der Waals surface area contributed by atoms with E-state index in [2.05, 4.69) is 4.90 Å². The summed E-state index contributed by atoms with van der Waals surface area (Å²) >= 11 is 0. The van der Waals surface area contributed by atoms with Crippen LogP contribution in [0.15, 0.2) is 0 Å². The Labute approximate surface area is 140 Å². The van der Waals surface area contributed by atoms with E-state index in [-0.39, 0.29) is 23.5 Å². The number of nitrogens with zero attached hydrogens (tertiary/aromatic N) is 2. The van der Waals surface area contributed by atoms with E-state index in [4.69, 9.17) is 0 Å². The molecule has 132 valence electrons. The average molecular weight is 343 g/mol. The van der Waals surface area contributed by atoms with Crippen molar-refractivity contribution in [2.45, 2.75) is 63.5 Å². The molecule has 0 aromatic heterocycles. The van der Waals surface area contributed by atoms with Crippen LogP contribution in [0.2, 0.25) is 0 Å². The van der Waals surface area contributed by atoms with E-state index in [0.29, 0.717) is 19.0 Å². The summed E-state index contributed by atoms with van der Waals surface area (Å²) in [6.45, 7) is 1.52. The Morgan fingerprint density at radius 3 is 2.26 bits per heavy atom. The number of rotatable bonds is 6. The lowest BCUT2D eigenvalue weighted by Gasteiger charge is -2.32. The van der Waals surface area contributed by atoms with Crippen LogP contribution < -0.4 is 0 Å². The van der Waals surface area contributed by atoms with E-state index in [1.54, 1.807) is 11.9 Å². The summed E-state index contributed by atoms with van der Waals surface area (Å²) in [6, 6.07) is 0.463. The fraction of sp³-hybridized carbons (Fsp3) is 0.941. The molecule has 1 atom stereocenters. The molecule has 1 heterocycles. The van der Waals surface area contributed by atoms with Crippen LogP contribution in [0.1, 0.15) is 51.4 Å². The zero-order chi connectivity index (χ0) is 16.4. The Hall–Kier alpha value is -0.620. The van der Waals surface area contributed by atoms with Gasteiger partial charge in [0.05, 0.1) is 18.1 Å². The molecule has 0 aromatic rings. The van der Waals surface area contributed by atoms with Crippen LogP contribution in [0.5, 0.6) is 0 Å². The molecule has 6 heteroatoms. The lowest BCUT2D eigenvalue weighted by atomic mass is 9.89. The van der Waals surface area contributed by atoms with Gasteiger partial charge < -0.3 is 4.90 Å². The van der Waals surface area contributed by atoms with Crippen molar-refractivity contribution in [3.8, 4) is 0 Å². The molecular weight excluding hydrogens is 312 g/mol. The third kappa shape index (κ3) is 4.69. The molecule has 1 unspecified atom stereocenters. The van der Waals surface area contributed by atoms with Gasteiger partial charge in [0.25, 0.3) is 0 Å². The summed E-state index contributed by atoms with van der Waals surface area (Å²) in [4.78, 5) is 16.7. The molecule has 0 aromatic carbocycles. The van der Waals surface area contributed by atoms with E-state index in [1.807, 2.05) is 0 Å². The van der Waals surface area contributed by atoms with E-state index in [0.717, 1.165) is 12.5 Å². The third-order valence-corrected chi connectivity index (χ3v) is 7.52. The first kappa shape index (κ1) is 17.2. The number of hydrogen-bond donors (Lipinski definition) is 0. The van der Waals surface area contributed by atoms with E-state index < -0.39 is 9.84 Å². The molecule has 3 rings (SSSR count). The normalized spacial score (nSPS) is 28.2. The Bertz CT molecular complexity index is 524. The molecule has 23 heavy (non-hydrogen) atoms. The zero-order valence-electron chi connectivity index (χ0n) is 14.2. The molecule has 3 fully saturated rings. The second-order valence-electron chi connectivity index (χ2n) is 7.73. The first-order valence-corrected chi connectivity index (χ1v) is 11.0. The van der Waals surface area contributed by atoms with Crippen LogP contribution in [-0.4, -0.2) is 67.9 Å². The first-order valence-electron chi connectivity index (χ1n) is 9.15. The fourth-order valence-corrected chi connectivity index (χ4v) is 5.83. The highest BCUT2D eigenvalue weighted by molar-refractivity contribution is 7.91. The summed E-state index contributed by atoms with van der Waals surface area (Å²) < 4.78 is 23.2. The maximum Gasteiger partial charge on any atom is 0.236 e. The van der Waals surface area contributed by atoms with Crippen molar-refractivity contribution in [2.24, 2.45) is 5.92 Å². The van der Waals surface area contributed by atoms with Crippen LogP contribution >= 0.6 is 0 Å². The molecular formula is C17H30N2O3S. The lowest BCUT2D eigenvalue weighted by Crippen LogP contribution is -2.45. The highest BCUT2D eigenvalue weighted by atomic mass is 32.2. The highest BCUT2D eigenvalue weighted by Gasteiger charge is 2.36. The number of amides is 1. The molecule has 2 saturated carbocycles. The Balaban J connectivity index is 1.53. The lowest BCUT2D eigenvalue weighted by molar-refractivity contribution is -0.133. The zero-order valence-corrected chi connectivity index (χ0v) is 15.1. The molecule has 3 aliphatic rings. The van der Waals surface area contributed by atoms with Crippen molar-refractivity contribution < 1.29 is 13.2 Å². The smallest absolute Gasteiger partial charge is 0.236 e. The third-order valence-electron chi connectivity index (χ3n) is 5.77. The number of carbonyl (C=O) groups is 1. The van der Waals surface area contributed by atoms with Crippen LogP contribution in [0.4, 0.5) is 0 Å². The van der Waals surface area contributed by atoms with E-state index in [9.17, 15) is 13.2 Å². The van der Waals surface area contributed by atoms with Crippen molar-refractivity contribution >= 4 is 15.7 Å². The van der Waals surface area contributed by atoms with Gasteiger partial charge in [0.1, 0.15) is 0 Å². The molecule has 0 spiro atoms. The van der Waals surface area contributed by atoms with Gasteiger partial charge in [-0.1, -0.05) is 19.3 Å². The Kier molecular flexibility index (Phi) is 5.31. The fourth-order valence-electron chi connectivity index (χ4n) is 4.05. The Morgan fingerprint density at radius 1 is 1.00 bits per heavy atom. The minimum absolute atomic E-state index is 0.0924. The minimum Gasteiger partial charge on any atom is -0.341 e. The molecule has 5 nitrogen and oxygen atoms in total. The van der Waals surface area contributed by atoms with Crippen LogP contribution in [0, 0.1) is 5.92 Å². The second kappa shape index (κ2) is 7.09. The van der Waals surface area contributed by atoms with Crippen LogP contribution in [-0.2, 0) is 14.6 Å². The van der Waals surface area contributed by atoms with Gasteiger partial charge in [0, 0.05) is 25.7 Å². The largest absolute Gasteiger partial charge is 0.341 e. The predicted octanol–water partition coefficient (Wildman–Crippen LogP) is 1.68. The summed E-state index contributed by atoms with van der Waals surface area (Å²) in [5.41, 5.74) is 0. The van der Waals surface area contributed by atoms with Crippen LogP contribution in [0.25, 0.3) is 0 Å². The van der Waals surface area contributed by atoms with Gasteiger partial charge >= 0.3 is 0 Å².